The van der Waals surface area contributed by atoms with Crippen molar-refractivity contribution < 1.29 is 14.6 Å². The van der Waals surface area contributed by atoms with E-state index in [9.17, 15) is 9.90 Å². The number of rotatable bonds is 0. The average molecular weight is 456 g/mol. The lowest BCUT2D eigenvalue weighted by atomic mass is 9.47. The molecular weight excluding hydrogens is 410 g/mol. The third kappa shape index (κ3) is 2.92. The number of carbonyl (C=O) groups is 1. The number of carbonyl (C=O) groups excluding carboxylic acids is 1. The number of piperidine rings is 1. The Kier molecular flexibility index (Phi) is 5.01. The van der Waals surface area contributed by atoms with Gasteiger partial charge in [-0.2, -0.15) is 0 Å². The van der Waals surface area contributed by atoms with E-state index in [1.165, 1.54) is 25.7 Å². The van der Waals surface area contributed by atoms with Crippen LogP contribution in [0, 0.1) is 46.3 Å². The summed E-state index contributed by atoms with van der Waals surface area (Å²) in [5.41, 5.74) is 1.79. The van der Waals surface area contributed by atoms with Crippen LogP contribution >= 0.6 is 0 Å². The molecule has 0 aromatic carbocycles. The number of aliphatic hydroxyl groups excluding tert-OH is 1. The van der Waals surface area contributed by atoms with E-state index in [-0.39, 0.29) is 17.7 Å². The van der Waals surface area contributed by atoms with E-state index in [1.54, 1.807) is 12.5 Å². The number of allylic oxidation sites excluding steroid dienone is 1. The number of amides is 1. The number of hydrogen-bond donors (Lipinski definition) is 1. The molecule has 2 saturated heterocycles. The number of nitrogens with zero attached hydrogens (tertiary/aromatic N) is 1. The fourth-order valence-corrected chi connectivity index (χ4v) is 10.5. The summed E-state index contributed by atoms with van der Waals surface area (Å²) >= 11 is 0. The number of fused-ring (bicyclic) bond motifs is 7. The highest BCUT2D eigenvalue weighted by Crippen LogP contribution is 2.70. The Hall–Kier alpha value is -0.870. The summed E-state index contributed by atoms with van der Waals surface area (Å²) < 4.78 is 7.09. The zero-order chi connectivity index (χ0) is 23.3. The van der Waals surface area contributed by atoms with Crippen molar-refractivity contribution in [3.05, 3.63) is 11.6 Å². The van der Waals surface area contributed by atoms with E-state index < -0.39 is 0 Å². The summed E-state index contributed by atoms with van der Waals surface area (Å²) in [6.45, 7) is 12.4. The van der Waals surface area contributed by atoms with E-state index in [1.807, 2.05) is 0 Å². The Morgan fingerprint density at radius 3 is 2.67 bits per heavy atom. The molecule has 0 aromatic rings. The third-order valence-corrected chi connectivity index (χ3v) is 12.1. The van der Waals surface area contributed by atoms with Crippen LogP contribution in [0.4, 0.5) is 0 Å². The van der Waals surface area contributed by atoms with Gasteiger partial charge in [0.25, 0.3) is 0 Å². The highest BCUT2D eigenvalue weighted by atomic mass is 16.5. The van der Waals surface area contributed by atoms with Crippen LogP contribution < -0.4 is 0 Å². The van der Waals surface area contributed by atoms with E-state index in [2.05, 4.69) is 38.7 Å². The molecule has 2 aliphatic heterocycles. The molecule has 0 bridgehead atoms. The van der Waals surface area contributed by atoms with Gasteiger partial charge in [-0.1, -0.05) is 39.3 Å². The van der Waals surface area contributed by atoms with Gasteiger partial charge in [0.15, 0.2) is 0 Å². The first kappa shape index (κ1) is 22.6. The van der Waals surface area contributed by atoms with Gasteiger partial charge in [0, 0.05) is 19.4 Å². The number of aliphatic hydroxyl groups is 1. The fraction of sp³-hybridized carbons (Fsp3) is 0.897. The second kappa shape index (κ2) is 7.32. The SMILES string of the molecule is CC(=O)N1C[C@H](C)CC[C@@]12O[C@@H]1C[C@@H]3[C@H]4CC=C5C[C@@H](O)CC[C@]5(C)[C@@H]4CC[C@]3(C)[C@@H]1[C@H]2C. The maximum atomic E-state index is 12.7. The van der Waals surface area contributed by atoms with Gasteiger partial charge in [-0.3, -0.25) is 4.79 Å². The molecule has 6 rings (SSSR count). The maximum absolute atomic E-state index is 12.7. The number of likely N-dealkylation sites (tertiary alicyclic amines) is 1. The molecule has 6 aliphatic rings. The van der Waals surface area contributed by atoms with Crippen LogP contribution in [0.25, 0.3) is 0 Å². The van der Waals surface area contributed by atoms with E-state index in [0.717, 1.165) is 56.4 Å². The molecule has 4 heteroatoms. The molecular formula is C29H45NO3. The van der Waals surface area contributed by atoms with Crippen LogP contribution in [0.1, 0.15) is 92.4 Å². The zero-order valence-electron chi connectivity index (χ0n) is 21.5. The summed E-state index contributed by atoms with van der Waals surface area (Å²) in [4.78, 5) is 14.9. The first-order valence-electron chi connectivity index (χ1n) is 13.9. The lowest BCUT2D eigenvalue weighted by Crippen LogP contribution is -2.60. The van der Waals surface area contributed by atoms with Crippen LogP contribution in [-0.4, -0.2) is 40.4 Å². The molecule has 1 N–H and O–H groups in total. The fourth-order valence-electron chi connectivity index (χ4n) is 10.5. The minimum absolute atomic E-state index is 0.131. The van der Waals surface area contributed by atoms with Crippen molar-refractivity contribution in [2.45, 2.75) is 110 Å². The molecule has 0 radical (unpaired) electrons. The smallest absolute Gasteiger partial charge is 0.221 e. The van der Waals surface area contributed by atoms with Crippen molar-refractivity contribution in [2.75, 3.05) is 6.54 Å². The highest BCUT2D eigenvalue weighted by molar-refractivity contribution is 5.74. The van der Waals surface area contributed by atoms with Crippen molar-refractivity contribution in [2.24, 2.45) is 46.3 Å². The summed E-state index contributed by atoms with van der Waals surface area (Å²) in [7, 11) is 0. The predicted octanol–water partition coefficient (Wildman–Crippen LogP) is 5.55. The Balaban J connectivity index is 1.30. The van der Waals surface area contributed by atoms with Crippen LogP contribution in [0.5, 0.6) is 0 Å². The molecule has 184 valence electrons. The van der Waals surface area contributed by atoms with Crippen molar-refractivity contribution in [3.8, 4) is 0 Å². The van der Waals surface area contributed by atoms with Gasteiger partial charge in [0.05, 0.1) is 12.2 Å². The molecule has 1 amide bonds. The first-order valence-corrected chi connectivity index (χ1v) is 13.9. The summed E-state index contributed by atoms with van der Waals surface area (Å²) in [5.74, 6) is 3.95. The zero-order valence-corrected chi connectivity index (χ0v) is 21.5. The maximum Gasteiger partial charge on any atom is 0.221 e. The normalized spacial score (nSPS) is 55.5. The van der Waals surface area contributed by atoms with Gasteiger partial charge in [0.2, 0.25) is 5.91 Å². The Morgan fingerprint density at radius 1 is 1.12 bits per heavy atom. The second-order valence-corrected chi connectivity index (χ2v) is 13.5. The average Bonchev–Trinajstić information content (AvgIpc) is 3.21. The molecule has 1 spiro atoms. The van der Waals surface area contributed by atoms with Crippen LogP contribution in [-0.2, 0) is 9.53 Å². The molecule has 5 fully saturated rings. The predicted molar refractivity (Wildman–Crippen MR) is 129 cm³/mol. The largest absolute Gasteiger partial charge is 0.393 e. The standard InChI is InChI=1S/C29H45NO3/c1-17-8-13-29(30(16-17)19(3)31)18(2)26-25(33-29)15-24-22-7-6-20-14-21(32)9-11-27(20,4)23(22)10-12-28(24,26)5/h6,17-18,21-26,32H,7-16H2,1-5H3/t17-,18-,21+,22+,23-,24-,25-,26-,27+,28+,29+/m1/s1. The van der Waals surface area contributed by atoms with Gasteiger partial charge in [0.1, 0.15) is 5.72 Å². The summed E-state index contributed by atoms with van der Waals surface area (Å²) in [6, 6.07) is 0. The number of hydrogen-bond acceptors (Lipinski definition) is 3. The van der Waals surface area contributed by atoms with Gasteiger partial charge in [-0.15, -0.1) is 0 Å². The lowest BCUT2D eigenvalue weighted by molar-refractivity contribution is -0.200. The van der Waals surface area contributed by atoms with Gasteiger partial charge in [-0.25, -0.2) is 0 Å². The Labute approximate surface area is 200 Å². The third-order valence-electron chi connectivity index (χ3n) is 12.1. The lowest BCUT2D eigenvalue weighted by Gasteiger charge is -2.59. The molecule has 4 nitrogen and oxygen atoms in total. The Bertz CT molecular complexity index is 869. The first-order chi connectivity index (χ1) is 15.6. The van der Waals surface area contributed by atoms with Crippen LogP contribution in [0.15, 0.2) is 11.6 Å². The molecule has 2 heterocycles. The van der Waals surface area contributed by atoms with E-state index in [4.69, 9.17) is 4.74 Å². The van der Waals surface area contributed by atoms with Crippen LogP contribution in [0.3, 0.4) is 0 Å². The van der Waals surface area contributed by atoms with E-state index in [0.29, 0.717) is 34.7 Å². The van der Waals surface area contributed by atoms with Crippen molar-refractivity contribution in [1.82, 2.24) is 4.90 Å². The molecule has 11 atom stereocenters. The van der Waals surface area contributed by atoms with Crippen molar-refractivity contribution >= 4 is 5.91 Å². The van der Waals surface area contributed by atoms with Crippen molar-refractivity contribution in [1.29, 1.82) is 0 Å². The molecule has 3 saturated carbocycles. The molecule has 0 unspecified atom stereocenters. The molecule has 0 aromatic heterocycles. The summed E-state index contributed by atoms with van der Waals surface area (Å²) in [5, 5.41) is 10.3. The summed E-state index contributed by atoms with van der Waals surface area (Å²) in [6.07, 6.45) is 12.9. The topological polar surface area (TPSA) is 49.8 Å². The molecule has 4 aliphatic carbocycles. The minimum Gasteiger partial charge on any atom is -0.393 e. The Morgan fingerprint density at radius 2 is 1.91 bits per heavy atom. The molecule has 33 heavy (non-hydrogen) atoms. The van der Waals surface area contributed by atoms with Crippen LogP contribution in [0.2, 0.25) is 0 Å². The van der Waals surface area contributed by atoms with Gasteiger partial charge < -0.3 is 14.7 Å². The van der Waals surface area contributed by atoms with Crippen molar-refractivity contribution in [3.63, 3.8) is 0 Å². The monoisotopic (exact) mass is 455 g/mol. The minimum atomic E-state index is -0.371. The van der Waals surface area contributed by atoms with Gasteiger partial charge in [-0.05, 0) is 98.2 Å². The highest BCUT2D eigenvalue weighted by Gasteiger charge is 2.69. The van der Waals surface area contributed by atoms with E-state index >= 15 is 0 Å². The van der Waals surface area contributed by atoms with Gasteiger partial charge >= 0.3 is 0 Å². The quantitative estimate of drug-likeness (QED) is 0.488. The number of ether oxygens (including phenoxy) is 1. The second-order valence-electron chi connectivity index (χ2n) is 13.5.